The third-order valence-electron chi connectivity index (χ3n) is 4.18. The maximum Gasteiger partial charge on any atom is 0.416 e. The number of halogens is 3. The number of carbonyl (C=O) groups excluding carboxylic acids is 1. The van der Waals surface area contributed by atoms with Crippen molar-refractivity contribution in [2.75, 3.05) is 6.61 Å². The van der Waals surface area contributed by atoms with Crippen molar-refractivity contribution in [3.05, 3.63) is 76.9 Å². The van der Waals surface area contributed by atoms with E-state index in [1.165, 1.54) is 12.1 Å². The van der Waals surface area contributed by atoms with Crippen LogP contribution in [0.1, 0.15) is 29.7 Å². The normalized spacial score (nSPS) is 17.0. The van der Waals surface area contributed by atoms with Gasteiger partial charge in [-0.25, -0.2) is 9.79 Å². The third kappa shape index (κ3) is 4.00. The lowest BCUT2D eigenvalue weighted by Gasteiger charge is -2.26. The quantitative estimate of drug-likeness (QED) is 0.783. The van der Waals surface area contributed by atoms with Crippen LogP contribution in [0.15, 0.2) is 65.2 Å². The number of carbonyl (C=O) groups is 1. The van der Waals surface area contributed by atoms with Gasteiger partial charge in [0.1, 0.15) is 6.04 Å². The minimum atomic E-state index is -4.45. The van der Waals surface area contributed by atoms with Crippen LogP contribution in [0.5, 0.6) is 0 Å². The zero-order valence-electron chi connectivity index (χ0n) is 15.0. The van der Waals surface area contributed by atoms with Gasteiger partial charge in [0.15, 0.2) is 5.96 Å². The summed E-state index contributed by atoms with van der Waals surface area (Å²) < 4.78 is 43.8. The number of hydrogen-bond acceptors (Lipinski definition) is 5. The number of hydrogen-bond donors (Lipinski definition) is 2. The molecule has 5 nitrogen and oxygen atoms in total. The summed E-state index contributed by atoms with van der Waals surface area (Å²) in [5.74, 6) is -0.563. The molecule has 0 saturated carbocycles. The molecule has 0 aromatic heterocycles. The number of ether oxygens (including phenoxy) is 1. The molecule has 2 aromatic rings. The molecule has 1 heterocycles. The number of nitrogens with one attached hydrogen (secondary N) is 1. The Kier molecular flexibility index (Phi) is 5.39. The Morgan fingerprint density at radius 3 is 2.36 bits per heavy atom. The van der Waals surface area contributed by atoms with Crippen molar-refractivity contribution < 1.29 is 22.7 Å². The first-order chi connectivity index (χ1) is 13.3. The molecule has 3 N–H and O–H groups in total. The van der Waals surface area contributed by atoms with Gasteiger partial charge in [0, 0.05) is 0 Å². The molecule has 0 bridgehead atoms. The first kappa shape index (κ1) is 19.5. The van der Waals surface area contributed by atoms with Gasteiger partial charge in [-0.05, 0) is 30.2 Å². The van der Waals surface area contributed by atoms with Crippen molar-refractivity contribution in [2.45, 2.75) is 19.1 Å². The monoisotopic (exact) mass is 389 g/mol. The molecule has 146 valence electrons. The van der Waals surface area contributed by atoms with Gasteiger partial charge >= 0.3 is 12.1 Å². The number of esters is 1. The fourth-order valence-corrected chi connectivity index (χ4v) is 2.92. The standard InChI is InChI=1S/C20H18F3N3O2/c1-2-28-18(27)15-16(12-6-4-3-5-7-12)25-19(24)26-17(15)13-8-10-14(11-9-13)20(21,22)23/h3-11,17H,2H2,1H3,(H3,24,25,26). The summed E-state index contributed by atoms with van der Waals surface area (Å²) in [4.78, 5) is 16.9. The number of rotatable bonds is 4. The largest absolute Gasteiger partial charge is 0.463 e. The predicted molar refractivity (Wildman–Crippen MR) is 98.9 cm³/mol. The summed E-state index contributed by atoms with van der Waals surface area (Å²) in [6, 6.07) is 12.6. The lowest BCUT2D eigenvalue weighted by atomic mass is 9.93. The van der Waals surface area contributed by atoms with Gasteiger partial charge in [-0.2, -0.15) is 13.2 Å². The van der Waals surface area contributed by atoms with E-state index in [0.29, 0.717) is 16.8 Å². The Hall–Kier alpha value is -3.29. The first-order valence-electron chi connectivity index (χ1n) is 8.55. The van der Waals surface area contributed by atoms with Gasteiger partial charge in [0.25, 0.3) is 0 Å². The van der Waals surface area contributed by atoms with E-state index in [1.807, 2.05) is 6.07 Å². The molecule has 0 fully saturated rings. The maximum absolute atomic E-state index is 12.9. The molecule has 0 saturated heterocycles. The highest BCUT2D eigenvalue weighted by Gasteiger charge is 2.34. The highest BCUT2D eigenvalue weighted by atomic mass is 19.4. The number of guanidine groups is 1. The topological polar surface area (TPSA) is 76.7 Å². The lowest BCUT2D eigenvalue weighted by molar-refractivity contribution is -0.139. The van der Waals surface area contributed by atoms with Crippen LogP contribution in [0.4, 0.5) is 13.2 Å². The summed E-state index contributed by atoms with van der Waals surface area (Å²) in [5, 5.41) is 2.88. The van der Waals surface area contributed by atoms with Gasteiger partial charge in [0.05, 0.1) is 23.4 Å². The fourth-order valence-electron chi connectivity index (χ4n) is 2.92. The number of nitrogens with zero attached hydrogens (tertiary/aromatic N) is 1. The summed E-state index contributed by atoms with van der Waals surface area (Å²) in [6.07, 6.45) is -4.45. The van der Waals surface area contributed by atoms with E-state index in [1.54, 1.807) is 31.2 Å². The van der Waals surface area contributed by atoms with Crippen LogP contribution in [0.3, 0.4) is 0 Å². The molecule has 1 aliphatic heterocycles. The molecule has 1 unspecified atom stereocenters. The zero-order valence-corrected chi connectivity index (χ0v) is 15.0. The van der Waals surface area contributed by atoms with E-state index in [-0.39, 0.29) is 18.1 Å². The molecule has 8 heteroatoms. The van der Waals surface area contributed by atoms with Crippen molar-refractivity contribution in [1.29, 1.82) is 0 Å². The summed E-state index contributed by atoms with van der Waals surface area (Å²) in [5.41, 5.74) is 6.79. The Labute approximate surface area is 159 Å². The van der Waals surface area contributed by atoms with E-state index in [4.69, 9.17) is 10.5 Å². The smallest absolute Gasteiger partial charge is 0.416 e. The number of alkyl halides is 3. The summed E-state index contributed by atoms with van der Waals surface area (Å²) >= 11 is 0. The molecule has 2 aromatic carbocycles. The number of nitrogens with two attached hydrogens (primary N) is 1. The van der Waals surface area contributed by atoms with Crippen molar-refractivity contribution >= 4 is 17.6 Å². The number of benzene rings is 2. The van der Waals surface area contributed by atoms with E-state index in [0.717, 1.165) is 12.1 Å². The Morgan fingerprint density at radius 1 is 1.14 bits per heavy atom. The van der Waals surface area contributed by atoms with Crippen LogP contribution in [-0.2, 0) is 15.7 Å². The molecule has 0 aliphatic carbocycles. The Morgan fingerprint density at radius 2 is 1.79 bits per heavy atom. The van der Waals surface area contributed by atoms with Gasteiger partial charge in [-0.3, -0.25) is 0 Å². The van der Waals surface area contributed by atoms with Crippen molar-refractivity contribution in [1.82, 2.24) is 5.32 Å². The van der Waals surface area contributed by atoms with Crippen LogP contribution in [0.25, 0.3) is 5.70 Å². The second-order valence-corrected chi connectivity index (χ2v) is 6.04. The second-order valence-electron chi connectivity index (χ2n) is 6.04. The molecule has 1 aliphatic rings. The molecule has 0 radical (unpaired) electrons. The summed E-state index contributed by atoms with van der Waals surface area (Å²) in [7, 11) is 0. The molecule has 1 atom stereocenters. The van der Waals surface area contributed by atoms with E-state index in [2.05, 4.69) is 10.3 Å². The van der Waals surface area contributed by atoms with Crippen LogP contribution < -0.4 is 11.1 Å². The van der Waals surface area contributed by atoms with Crippen LogP contribution in [0.2, 0.25) is 0 Å². The highest BCUT2D eigenvalue weighted by Crippen LogP contribution is 2.36. The van der Waals surface area contributed by atoms with E-state index < -0.39 is 23.8 Å². The fraction of sp³-hybridized carbons (Fsp3) is 0.200. The lowest BCUT2D eigenvalue weighted by Crippen LogP contribution is -2.37. The molecule has 0 amide bonds. The van der Waals surface area contributed by atoms with Gasteiger partial charge in [-0.15, -0.1) is 0 Å². The average molecular weight is 389 g/mol. The third-order valence-corrected chi connectivity index (χ3v) is 4.18. The van der Waals surface area contributed by atoms with Crippen LogP contribution in [0, 0.1) is 0 Å². The Bertz CT molecular complexity index is 920. The van der Waals surface area contributed by atoms with Crippen LogP contribution >= 0.6 is 0 Å². The molecular formula is C20H18F3N3O2. The molecule has 0 spiro atoms. The SMILES string of the molecule is CCOC(=O)C1=C(c2ccccc2)NC(N)=NC1c1ccc(C(F)(F)F)cc1. The molecular weight excluding hydrogens is 371 g/mol. The minimum Gasteiger partial charge on any atom is -0.463 e. The van der Waals surface area contributed by atoms with E-state index in [9.17, 15) is 18.0 Å². The van der Waals surface area contributed by atoms with Gasteiger partial charge < -0.3 is 15.8 Å². The predicted octanol–water partition coefficient (Wildman–Crippen LogP) is 3.64. The maximum atomic E-state index is 12.9. The second kappa shape index (κ2) is 7.75. The van der Waals surface area contributed by atoms with E-state index >= 15 is 0 Å². The van der Waals surface area contributed by atoms with Gasteiger partial charge in [-0.1, -0.05) is 42.5 Å². The van der Waals surface area contributed by atoms with Gasteiger partial charge in [0.2, 0.25) is 0 Å². The highest BCUT2D eigenvalue weighted by molar-refractivity contribution is 6.04. The zero-order chi connectivity index (χ0) is 20.3. The first-order valence-corrected chi connectivity index (χ1v) is 8.55. The summed E-state index contributed by atoms with van der Waals surface area (Å²) in [6.45, 7) is 1.81. The number of aliphatic imine (C=N–C) groups is 1. The average Bonchev–Trinajstić information content (AvgIpc) is 2.67. The Balaban J connectivity index is 2.12. The van der Waals surface area contributed by atoms with Crippen molar-refractivity contribution in [2.24, 2.45) is 10.7 Å². The van der Waals surface area contributed by atoms with Crippen molar-refractivity contribution in [3.63, 3.8) is 0 Å². The van der Waals surface area contributed by atoms with Crippen LogP contribution in [-0.4, -0.2) is 18.5 Å². The molecule has 28 heavy (non-hydrogen) atoms. The molecule has 3 rings (SSSR count). The minimum absolute atomic E-state index is 0.0526. The van der Waals surface area contributed by atoms with Crippen molar-refractivity contribution in [3.8, 4) is 0 Å².